The van der Waals surface area contributed by atoms with Crippen LogP contribution in [-0.2, 0) is 4.79 Å². The Kier molecular flexibility index (Phi) is 2.45. The molecule has 0 spiro atoms. The highest BCUT2D eigenvalue weighted by molar-refractivity contribution is 5.78. The van der Waals surface area contributed by atoms with E-state index in [9.17, 15) is 9.90 Å². The molecule has 1 aromatic rings. The summed E-state index contributed by atoms with van der Waals surface area (Å²) in [4.78, 5) is 11.1. The summed E-state index contributed by atoms with van der Waals surface area (Å²) >= 11 is 0. The van der Waals surface area contributed by atoms with Crippen LogP contribution in [0.3, 0.4) is 0 Å². The zero-order valence-corrected chi connectivity index (χ0v) is 10.6. The molecule has 3 heteroatoms. The normalized spacial score (nSPS) is 25.6. The molecule has 0 bridgehead atoms. The van der Waals surface area contributed by atoms with Crippen LogP contribution in [0, 0.1) is 25.2 Å². The van der Waals surface area contributed by atoms with Crippen LogP contribution in [0.4, 0.5) is 0 Å². The molecule has 0 aromatic heterocycles. The van der Waals surface area contributed by atoms with Gasteiger partial charge in [0.25, 0.3) is 0 Å². The predicted molar refractivity (Wildman–Crippen MR) is 65.2 cm³/mol. The maximum atomic E-state index is 11.1. The highest BCUT2D eigenvalue weighted by Gasteiger charge is 2.63. The SMILES string of the molecule is Cc1cc(O)c([C@H]2[C@H](C(=O)O)C2(C)C)cc1C. The number of rotatable bonds is 2. The van der Waals surface area contributed by atoms with Gasteiger partial charge in [-0.05, 0) is 42.0 Å². The van der Waals surface area contributed by atoms with Crippen molar-refractivity contribution in [3.05, 3.63) is 28.8 Å². The molecule has 92 valence electrons. The van der Waals surface area contributed by atoms with E-state index in [0.29, 0.717) is 0 Å². The number of benzene rings is 1. The lowest BCUT2D eigenvalue weighted by Crippen LogP contribution is -2.03. The molecular formula is C14H18O3. The molecule has 1 saturated carbocycles. The van der Waals surface area contributed by atoms with Crippen molar-refractivity contribution in [1.29, 1.82) is 0 Å². The van der Waals surface area contributed by atoms with Gasteiger partial charge in [-0.3, -0.25) is 4.79 Å². The van der Waals surface area contributed by atoms with Crippen LogP contribution < -0.4 is 0 Å². The highest BCUT2D eigenvalue weighted by atomic mass is 16.4. The maximum Gasteiger partial charge on any atom is 0.307 e. The van der Waals surface area contributed by atoms with Gasteiger partial charge in [-0.1, -0.05) is 19.9 Å². The van der Waals surface area contributed by atoms with Gasteiger partial charge in [-0.2, -0.15) is 0 Å². The van der Waals surface area contributed by atoms with E-state index in [4.69, 9.17) is 5.11 Å². The molecule has 2 atom stereocenters. The Bertz CT molecular complexity index is 488. The van der Waals surface area contributed by atoms with E-state index in [0.717, 1.165) is 16.7 Å². The summed E-state index contributed by atoms with van der Waals surface area (Å²) in [6.45, 7) is 7.78. The van der Waals surface area contributed by atoms with E-state index in [1.807, 2.05) is 33.8 Å². The molecular weight excluding hydrogens is 216 g/mol. The quantitative estimate of drug-likeness (QED) is 0.827. The Labute approximate surface area is 101 Å². The van der Waals surface area contributed by atoms with Crippen molar-refractivity contribution in [2.45, 2.75) is 33.6 Å². The minimum atomic E-state index is -0.780. The fourth-order valence-corrected chi connectivity index (χ4v) is 2.75. The van der Waals surface area contributed by atoms with Crippen molar-refractivity contribution in [3.63, 3.8) is 0 Å². The third-order valence-corrected chi connectivity index (χ3v) is 4.07. The third kappa shape index (κ3) is 1.70. The fraction of sp³-hybridized carbons (Fsp3) is 0.500. The van der Waals surface area contributed by atoms with Gasteiger partial charge in [0.1, 0.15) is 5.75 Å². The van der Waals surface area contributed by atoms with Crippen LogP contribution in [0.1, 0.15) is 36.5 Å². The number of carboxylic acids is 1. The van der Waals surface area contributed by atoms with Crippen molar-refractivity contribution >= 4 is 5.97 Å². The minimum absolute atomic E-state index is 0.0840. The summed E-state index contributed by atoms with van der Waals surface area (Å²) in [7, 11) is 0. The molecule has 0 saturated heterocycles. The van der Waals surface area contributed by atoms with Gasteiger partial charge < -0.3 is 10.2 Å². The van der Waals surface area contributed by atoms with Crippen LogP contribution >= 0.6 is 0 Å². The molecule has 3 nitrogen and oxygen atoms in total. The number of aromatic hydroxyl groups is 1. The smallest absolute Gasteiger partial charge is 0.307 e. The molecule has 2 N–H and O–H groups in total. The van der Waals surface area contributed by atoms with Crippen LogP contribution in [0.5, 0.6) is 5.75 Å². The summed E-state index contributed by atoms with van der Waals surface area (Å²) in [5.41, 5.74) is 2.61. The molecule has 2 rings (SSSR count). The molecule has 0 heterocycles. The standard InChI is InChI=1S/C14H18O3/c1-7-5-9(10(15)6-8(7)2)11-12(13(16)17)14(11,3)4/h5-6,11-12,15H,1-4H3,(H,16,17)/t11-,12+/m0/s1. The first-order chi connectivity index (χ1) is 7.76. The number of phenolic OH excluding ortho intramolecular Hbond substituents is 1. The van der Waals surface area contributed by atoms with E-state index in [1.165, 1.54) is 0 Å². The zero-order chi connectivity index (χ0) is 13.0. The number of carbonyl (C=O) groups is 1. The Balaban J connectivity index is 2.44. The molecule has 1 aliphatic carbocycles. The highest BCUT2D eigenvalue weighted by Crippen LogP contribution is 2.65. The number of aliphatic carboxylic acids is 1. The van der Waals surface area contributed by atoms with Crippen LogP contribution in [0.2, 0.25) is 0 Å². The van der Waals surface area contributed by atoms with Crippen molar-refractivity contribution in [2.75, 3.05) is 0 Å². The zero-order valence-electron chi connectivity index (χ0n) is 10.6. The topological polar surface area (TPSA) is 57.5 Å². The fourth-order valence-electron chi connectivity index (χ4n) is 2.75. The number of carboxylic acid groups (broad SMARTS) is 1. The van der Waals surface area contributed by atoms with E-state index in [2.05, 4.69) is 0 Å². The summed E-state index contributed by atoms with van der Waals surface area (Å²) in [5.74, 6) is -1.04. The summed E-state index contributed by atoms with van der Waals surface area (Å²) in [6.07, 6.45) is 0. The lowest BCUT2D eigenvalue weighted by molar-refractivity contribution is -0.139. The van der Waals surface area contributed by atoms with Crippen LogP contribution in [0.25, 0.3) is 0 Å². The summed E-state index contributed by atoms with van der Waals surface area (Å²) in [5, 5.41) is 19.1. The minimum Gasteiger partial charge on any atom is -0.508 e. The monoisotopic (exact) mass is 234 g/mol. The number of hydrogen-bond acceptors (Lipinski definition) is 2. The Morgan fingerprint density at radius 2 is 1.76 bits per heavy atom. The number of aryl methyl sites for hydroxylation is 2. The summed E-state index contributed by atoms with van der Waals surface area (Å²) in [6, 6.07) is 3.64. The van der Waals surface area contributed by atoms with Crippen molar-refractivity contribution in [3.8, 4) is 5.75 Å². The Morgan fingerprint density at radius 1 is 1.24 bits per heavy atom. The molecule has 1 aliphatic rings. The average Bonchev–Trinajstić information content (AvgIpc) is 2.75. The van der Waals surface area contributed by atoms with Gasteiger partial charge in [-0.25, -0.2) is 0 Å². The average molecular weight is 234 g/mol. The van der Waals surface area contributed by atoms with Crippen molar-refractivity contribution in [2.24, 2.45) is 11.3 Å². The molecule has 0 amide bonds. The first-order valence-electron chi connectivity index (χ1n) is 5.79. The Hall–Kier alpha value is -1.51. The van der Waals surface area contributed by atoms with Crippen molar-refractivity contribution in [1.82, 2.24) is 0 Å². The van der Waals surface area contributed by atoms with Gasteiger partial charge in [0.2, 0.25) is 0 Å². The van der Waals surface area contributed by atoms with Crippen LogP contribution in [0.15, 0.2) is 12.1 Å². The second kappa shape index (κ2) is 3.49. The van der Waals surface area contributed by atoms with Gasteiger partial charge in [0.15, 0.2) is 0 Å². The maximum absolute atomic E-state index is 11.1. The van der Waals surface area contributed by atoms with Gasteiger partial charge in [0, 0.05) is 5.92 Å². The Morgan fingerprint density at radius 3 is 2.24 bits per heavy atom. The summed E-state index contributed by atoms with van der Waals surface area (Å²) < 4.78 is 0. The van der Waals surface area contributed by atoms with Gasteiger partial charge in [0.05, 0.1) is 5.92 Å². The second-order valence-corrected chi connectivity index (χ2v) is 5.61. The van der Waals surface area contributed by atoms with Gasteiger partial charge >= 0.3 is 5.97 Å². The van der Waals surface area contributed by atoms with Crippen molar-refractivity contribution < 1.29 is 15.0 Å². The van der Waals surface area contributed by atoms with Crippen LogP contribution in [-0.4, -0.2) is 16.2 Å². The lowest BCUT2D eigenvalue weighted by atomic mass is 9.98. The molecule has 0 unspecified atom stereocenters. The first-order valence-corrected chi connectivity index (χ1v) is 5.79. The molecule has 1 fully saturated rings. The van der Waals surface area contributed by atoms with Gasteiger partial charge in [-0.15, -0.1) is 0 Å². The number of phenols is 1. The largest absolute Gasteiger partial charge is 0.508 e. The predicted octanol–water partition coefficient (Wildman–Crippen LogP) is 2.83. The van der Waals surface area contributed by atoms with E-state index in [1.54, 1.807) is 6.07 Å². The van der Waals surface area contributed by atoms with E-state index >= 15 is 0 Å². The second-order valence-electron chi connectivity index (χ2n) is 5.61. The van der Waals surface area contributed by atoms with E-state index < -0.39 is 11.9 Å². The van der Waals surface area contributed by atoms with E-state index in [-0.39, 0.29) is 17.1 Å². The molecule has 1 aromatic carbocycles. The molecule has 0 radical (unpaired) electrons. The molecule has 0 aliphatic heterocycles. The third-order valence-electron chi connectivity index (χ3n) is 4.07. The lowest BCUT2D eigenvalue weighted by Gasteiger charge is -2.09. The number of hydrogen-bond donors (Lipinski definition) is 2. The molecule has 17 heavy (non-hydrogen) atoms. The first kappa shape index (κ1) is 12.0.